The average molecular weight is 305 g/mol. The van der Waals surface area contributed by atoms with E-state index in [9.17, 15) is 4.79 Å². The fourth-order valence-corrected chi connectivity index (χ4v) is 3.52. The number of carbonyl (C=O) groups excluding carboxylic acids is 1. The Morgan fingerprint density at radius 3 is 3.05 bits per heavy atom. The van der Waals surface area contributed by atoms with E-state index in [2.05, 4.69) is 29.5 Å². The molecule has 1 aliphatic rings. The molecule has 2 aromatic rings. The molecule has 3 rings (SSSR count). The molecule has 1 fully saturated rings. The molecule has 1 saturated heterocycles. The lowest BCUT2D eigenvalue weighted by Crippen LogP contribution is -2.38. The van der Waals surface area contributed by atoms with E-state index in [4.69, 9.17) is 4.52 Å². The zero-order chi connectivity index (χ0) is 14.8. The van der Waals surface area contributed by atoms with Crippen molar-refractivity contribution < 1.29 is 9.32 Å². The monoisotopic (exact) mass is 305 g/mol. The summed E-state index contributed by atoms with van der Waals surface area (Å²) in [5, 5.41) is 6.92. The molecule has 5 nitrogen and oxygen atoms in total. The van der Waals surface area contributed by atoms with Gasteiger partial charge >= 0.3 is 6.03 Å². The molecule has 2 amide bonds. The van der Waals surface area contributed by atoms with Crippen molar-refractivity contribution >= 4 is 17.4 Å². The summed E-state index contributed by atoms with van der Waals surface area (Å²) in [4.78, 5) is 16.7. The largest absolute Gasteiger partial charge is 0.359 e. The molecule has 1 N–H and O–H groups in total. The molecule has 6 heteroatoms. The van der Waals surface area contributed by atoms with Gasteiger partial charge in [0.25, 0.3) is 0 Å². The Labute approximate surface area is 127 Å². The molecule has 0 radical (unpaired) electrons. The first-order chi connectivity index (χ1) is 10.1. The smallest absolute Gasteiger partial charge is 0.318 e. The number of hydrogen-bond donors (Lipinski definition) is 1. The van der Waals surface area contributed by atoms with Gasteiger partial charge in [0.2, 0.25) is 0 Å². The second-order valence-electron chi connectivity index (χ2n) is 5.39. The van der Waals surface area contributed by atoms with Crippen molar-refractivity contribution in [2.24, 2.45) is 0 Å². The van der Waals surface area contributed by atoms with Gasteiger partial charge < -0.3 is 14.7 Å². The average Bonchev–Trinajstić information content (AvgIpc) is 3.16. The van der Waals surface area contributed by atoms with Crippen molar-refractivity contribution in [1.82, 2.24) is 15.4 Å². The van der Waals surface area contributed by atoms with Crippen LogP contribution in [0, 0.1) is 13.8 Å². The van der Waals surface area contributed by atoms with Crippen molar-refractivity contribution in [1.29, 1.82) is 0 Å². The first kappa shape index (κ1) is 14.1. The van der Waals surface area contributed by atoms with Crippen molar-refractivity contribution in [3.63, 3.8) is 0 Å². The fraction of sp³-hybridized carbons (Fsp3) is 0.467. The Morgan fingerprint density at radius 1 is 1.52 bits per heavy atom. The van der Waals surface area contributed by atoms with Crippen LogP contribution in [-0.4, -0.2) is 22.6 Å². The van der Waals surface area contributed by atoms with Gasteiger partial charge in [-0.3, -0.25) is 0 Å². The lowest BCUT2D eigenvalue weighted by Gasteiger charge is -2.22. The second kappa shape index (κ2) is 5.89. The summed E-state index contributed by atoms with van der Waals surface area (Å²) in [6.07, 6.45) is 1.93. The van der Waals surface area contributed by atoms with Crippen LogP contribution in [0.25, 0.3) is 0 Å². The van der Waals surface area contributed by atoms with E-state index >= 15 is 0 Å². The molecule has 112 valence electrons. The Hall–Kier alpha value is -1.82. The summed E-state index contributed by atoms with van der Waals surface area (Å²) < 4.78 is 5.33. The van der Waals surface area contributed by atoms with Gasteiger partial charge in [-0.2, -0.15) is 0 Å². The standard InChI is InChI=1S/C15H19N3O2S/c1-10-8-14(20-17-10)13-4-3-7-18(13)15(19)16-9-12-6-5-11(2)21-12/h5-6,8,13H,3-4,7,9H2,1-2H3,(H,16,19)/t13-/m1/s1. The van der Waals surface area contributed by atoms with E-state index in [1.807, 2.05) is 17.9 Å². The van der Waals surface area contributed by atoms with Crippen molar-refractivity contribution in [2.45, 2.75) is 39.3 Å². The number of amides is 2. The number of rotatable bonds is 3. The topological polar surface area (TPSA) is 58.4 Å². The summed E-state index contributed by atoms with van der Waals surface area (Å²) in [6, 6.07) is 6.02. The van der Waals surface area contributed by atoms with Gasteiger partial charge in [0.05, 0.1) is 18.3 Å². The van der Waals surface area contributed by atoms with E-state index in [0.717, 1.165) is 30.8 Å². The molecule has 0 aliphatic carbocycles. The van der Waals surface area contributed by atoms with Crippen molar-refractivity contribution in [3.05, 3.63) is 39.4 Å². The minimum Gasteiger partial charge on any atom is -0.359 e. The highest BCUT2D eigenvalue weighted by atomic mass is 32.1. The molecule has 0 unspecified atom stereocenters. The molecule has 2 aromatic heterocycles. The predicted molar refractivity (Wildman–Crippen MR) is 81.2 cm³/mol. The number of aromatic nitrogens is 1. The second-order valence-corrected chi connectivity index (χ2v) is 6.77. The first-order valence-corrected chi connectivity index (χ1v) is 7.98. The Bertz CT molecular complexity index is 634. The highest BCUT2D eigenvalue weighted by molar-refractivity contribution is 7.11. The van der Waals surface area contributed by atoms with Crippen LogP contribution in [0.1, 0.15) is 40.1 Å². The number of hydrogen-bond acceptors (Lipinski definition) is 4. The molecule has 21 heavy (non-hydrogen) atoms. The Balaban J connectivity index is 1.63. The van der Waals surface area contributed by atoms with Crippen molar-refractivity contribution in [3.8, 4) is 0 Å². The van der Waals surface area contributed by atoms with Gasteiger partial charge in [0.1, 0.15) is 0 Å². The summed E-state index contributed by atoms with van der Waals surface area (Å²) in [5.74, 6) is 0.784. The maximum Gasteiger partial charge on any atom is 0.318 e. The molecular formula is C15H19N3O2S. The molecule has 3 heterocycles. The fourth-order valence-electron chi connectivity index (χ4n) is 2.69. The molecular weight excluding hydrogens is 286 g/mol. The summed E-state index contributed by atoms with van der Waals surface area (Å²) >= 11 is 1.71. The summed E-state index contributed by atoms with van der Waals surface area (Å²) in [6.45, 7) is 5.31. The number of nitrogens with one attached hydrogen (secondary N) is 1. The first-order valence-electron chi connectivity index (χ1n) is 7.16. The lowest BCUT2D eigenvalue weighted by molar-refractivity contribution is 0.182. The van der Waals surface area contributed by atoms with Crippen LogP contribution in [0.15, 0.2) is 22.7 Å². The van der Waals surface area contributed by atoms with Crippen LogP contribution in [0.5, 0.6) is 0 Å². The van der Waals surface area contributed by atoms with Gasteiger partial charge in [0, 0.05) is 22.4 Å². The van der Waals surface area contributed by atoms with Gasteiger partial charge in [-0.05, 0) is 38.8 Å². The molecule has 0 aromatic carbocycles. The third-order valence-electron chi connectivity index (χ3n) is 3.70. The number of likely N-dealkylation sites (tertiary alicyclic amines) is 1. The van der Waals surface area contributed by atoms with Gasteiger partial charge in [-0.15, -0.1) is 11.3 Å². The van der Waals surface area contributed by atoms with E-state index in [1.54, 1.807) is 11.3 Å². The van der Waals surface area contributed by atoms with E-state index < -0.39 is 0 Å². The SMILES string of the molecule is Cc1cc([C@H]2CCCN2C(=O)NCc2ccc(C)s2)on1. The Morgan fingerprint density at radius 2 is 2.38 bits per heavy atom. The van der Waals surface area contributed by atoms with E-state index in [0.29, 0.717) is 6.54 Å². The predicted octanol–water partition coefficient (Wildman–Crippen LogP) is 3.40. The van der Waals surface area contributed by atoms with Crippen LogP contribution in [0.2, 0.25) is 0 Å². The molecule has 1 atom stereocenters. The number of aryl methyl sites for hydroxylation is 2. The number of urea groups is 1. The zero-order valence-electron chi connectivity index (χ0n) is 12.3. The maximum atomic E-state index is 12.4. The third-order valence-corrected chi connectivity index (χ3v) is 4.70. The highest BCUT2D eigenvalue weighted by Crippen LogP contribution is 2.32. The van der Waals surface area contributed by atoms with E-state index in [1.165, 1.54) is 9.75 Å². The minimum absolute atomic E-state index is 0.0104. The van der Waals surface area contributed by atoms with Gasteiger partial charge in [-0.25, -0.2) is 4.79 Å². The number of carbonyl (C=O) groups is 1. The lowest BCUT2D eigenvalue weighted by atomic mass is 10.1. The number of nitrogens with zero attached hydrogens (tertiary/aromatic N) is 2. The van der Waals surface area contributed by atoms with Crippen LogP contribution in [-0.2, 0) is 6.54 Å². The highest BCUT2D eigenvalue weighted by Gasteiger charge is 2.32. The maximum absolute atomic E-state index is 12.4. The zero-order valence-corrected chi connectivity index (χ0v) is 13.1. The minimum atomic E-state index is -0.0300. The van der Waals surface area contributed by atoms with Crippen LogP contribution >= 0.6 is 11.3 Å². The molecule has 0 saturated carbocycles. The van der Waals surface area contributed by atoms with Gasteiger partial charge in [0.15, 0.2) is 5.76 Å². The molecule has 0 bridgehead atoms. The Kier molecular flexibility index (Phi) is 3.96. The summed E-state index contributed by atoms with van der Waals surface area (Å²) in [5.41, 5.74) is 0.853. The van der Waals surface area contributed by atoms with Crippen LogP contribution in [0.4, 0.5) is 4.79 Å². The number of thiophene rings is 1. The normalized spacial score (nSPS) is 18.2. The summed E-state index contributed by atoms with van der Waals surface area (Å²) in [7, 11) is 0. The molecule has 1 aliphatic heterocycles. The van der Waals surface area contributed by atoms with E-state index in [-0.39, 0.29) is 12.1 Å². The molecule has 0 spiro atoms. The van der Waals surface area contributed by atoms with Crippen LogP contribution < -0.4 is 5.32 Å². The van der Waals surface area contributed by atoms with Crippen LogP contribution in [0.3, 0.4) is 0 Å². The quantitative estimate of drug-likeness (QED) is 0.945. The third kappa shape index (κ3) is 3.10. The van der Waals surface area contributed by atoms with Crippen molar-refractivity contribution in [2.75, 3.05) is 6.54 Å². The van der Waals surface area contributed by atoms with Gasteiger partial charge in [-0.1, -0.05) is 5.16 Å².